The van der Waals surface area contributed by atoms with Crippen LogP contribution in [-0.4, -0.2) is 47.6 Å². The van der Waals surface area contributed by atoms with Gasteiger partial charge in [-0.3, -0.25) is 19.0 Å². The van der Waals surface area contributed by atoms with E-state index in [9.17, 15) is 14.4 Å². The maximum Gasteiger partial charge on any atom is 0.255 e. The Morgan fingerprint density at radius 2 is 1.89 bits per heavy atom. The van der Waals surface area contributed by atoms with E-state index < -0.39 is 5.54 Å². The zero-order valence-electron chi connectivity index (χ0n) is 21.5. The molecule has 0 saturated carbocycles. The predicted octanol–water partition coefficient (Wildman–Crippen LogP) is 4.53. The third-order valence-electron chi connectivity index (χ3n) is 6.61. The van der Waals surface area contributed by atoms with Crippen molar-refractivity contribution >= 4 is 23.3 Å². The van der Waals surface area contributed by atoms with Crippen molar-refractivity contribution in [2.45, 2.75) is 57.5 Å². The Balaban J connectivity index is 1.54. The largest absolute Gasteiger partial charge is 0.381 e. The second-order valence-electron chi connectivity index (χ2n) is 9.40. The predicted molar refractivity (Wildman–Crippen MR) is 147 cm³/mol. The summed E-state index contributed by atoms with van der Waals surface area (Å²) < 4.78 is 7.08. The number of carbonyl (C=O) groups is 2. The van der Waals surface area contributed by atoms with E-state index in [0.29, 0.717) is 61.6 Å². The van der Waals surface area contributed by atoms with Gasteiger partial charge >= 0.3 is 0 Å². The van der Waals surface area contributed by atoms with Crippen LogP contribution < -0.4 is 16.2 Å². The standard InChI is InChI=1S/C29H36ClN3O4/c1-3-24(30)12-9-22(2)31-21-26(34)7-6-15-29(16-19-37-20-17-29)32-28(36)23-10-13-25(14-11-23)33-18-5-4-8-27(33)35/h3-5,8-14,18,22,31H,6-7,15-17,19-21H2,1-2H3,(H,32,36)/b12-9-,24-3+. The van der Waals surface area contributed by atoms with Crippen LogP contribution in [0.2, 0.25) is 0 Å². The van der Waals surface area contributed by atoms with Gasteiger partial charge in [0, 0.05) is 59.8 Å². The Morgan fingerprint density at radius 1 is 1.16 bits per heavy atom. The number of nitrogens with one attached hydrogen (secondary N) is 2. The van der Waals surface area contributed by atoms with Crippen LogP contribution in [0.4, 0.5) is 0 Å². The summed E-state index contributed by atoms with van der Waals surface area (Å²) in [6.07, 6.45) is 10.5. The van der Waals surface area contributed by atoms with E-state index in [0.717, 1.165) is 0 Å². The summed E-state index contributed by atoms with van der Waals surface area (Å²) in [6, 6.07) is 12.0. The summed E-state index contributed by atoms with van der Waals surface area (Å²) in [7, 11) is 0. The minimum Gasteiger partial charge on any atom is -0.381 e. The molecule has 0 aliphatic carbocycles. The Hall–Kier alpha value is -3.00. The van der Waals surface area contributed by atoms with Crippen molar-refractivity contribution in [2.24, 2.45) is 0 Å². The minimum atomic E-state index is -0.405. The van der Waals surface area contributed by atoms with Crippen LogP contribution in [0.15, 0.2) is 76.7 Å². The number of aromatic nitrogens is 1. The van der Waals surface area contributed by atoms with Gasteiger partial charge in [0.1, 0.15) is 5.78 Å². The molecule has 1 aromatic carbocycles. The maximum absolute atomic E-state index is 13.1. The molecule has 1 aliphatic rings. The lowest BCUT2D eigenvalue weighted by molar-refractivity contribution is -0.118. The molecular weight excluding hydrogens is 490 g/mol. The van der Waals surface area contributed by atoms with Crippen molar-refractivity contribution in [1.82, 2.24) is 15.2 Å². The first-order chi connectivity index (χ1) is 17.8. The van der Waals surface area contributed by atoms with Gasteiger partial charge in [-0.15, -0.1) is 0 Å². The highest BCUT2D eigenvalue weighted by Crippen LogP contribution is 2.27. The SMILES string of the molecule is C/C=C(Cl)\C=C/C(C)NCC(=O)CCCC1(NC(=O)c2ccc(-n3ccccc3=O)cc2)CCOCC1. The van der Waals surface area contributed by atoms with Gasteiger partial charge in [0.05, 0.1) is 6.54 Å². The molecule has 0 bridgehead atoms. The number of benzene rings is 1. The van der Waals surface area contributed by atoms with E-state index in [1.165, 1.54) is 10.6 Å². The van der Waals surface area contributed by atoms with Gasteiger partial charge in [0.2, 0.25) is 0 Å². The first-order valence-electron chi connectivity index (χ1n) is 12.8. The third-order valence-corrected chi connectivity index (χ3v) is 6.96. The van der Waals surface area contributed by atoms with E-state index in [-0.39, 0.29) is 29.8 Å². The molecule has 0 radical (unpaired) electrons. The van der Waals surface area contributed by atoms with E-state index in [1.54, 1.807) is 42.6 Å². The van der Waals surface area contributed by atoms with Gasteiger partial charge in [-0.05, 0) is 75.9 Å². The van der Waals surface area contributed by atoms with Gasteiger partial charge < -0.3 is 15.4 Å². The van der Waals surface area contributed by atoms with Crippen molar-refractivity contribution < 1.29 is 14.3 Å². The average molecular weight is 526 g/mol. The molecule has 1 amide bonds. The second kappa shape index (κ2) is 14.1. The van der Waals surface area contributed by atoms with E-state index >= 15 is 0 Å². The molecule has 37 heavy (non-hydrogen) atoms. The number of pyridine rings is 1. The lowest BCUT2D eigenvalue weighted by Crippen LogP contribution is -2.52. The summed E-state index contributed by atoms with van der Waals surface area (Å²) >= 11 is 5.97. The van der Waals surface area contributed by atoms with Crippen molar-refractivity contribution in [3.63, 3.8) is 0 Å². The molecule has 1 aliphatic heterocycles. The van der Waals surface area contributed by atoms with Crippen molar-refractivity contribution in [2.75, 3.05) is 19.8 Å². The number of amides is 1. The van der Waals surface area contributed by atoms with Crippen molar-refractivity contribution in [1.29, 1.82) is 0 Å². The highest BCUT2D eigenvalue weighted by atomic mass is 35.5. The fourth-order valence-electron chi connectivity index (χ4n) is 4.31. The molecule has 1 fully saturated rings. The Labute approximate surface area is 223 Å². The molecule has 1 aromatic heterocycles. The number of carbonyl (C=O) groups excluding carboxylic acids is 2. The van der Waals surface area contributed by atoms with Gasteiger partial charge in [0.25, 0.3) is 11.5 Å². The van der Waals surface area contributed by atoms with Crippen molar-refractivity contribution in [3.05, 3.63) is 87.8 Å². The van der Waals surface area contributed by atoms with Crippen LogP contribution in [0, 0.1) is 0 Å². The summed E-state index contributed by atoms with van der Waals surface area (Å²) in [6.45, 7) is 5.28. The smallest absolute Gasteiger partial charge is 0.255 e. The third kappa shape index (κ3) is 8.81. The lowest BCUT2D eigenvalue weighted by Gasteiger charge is -2.38. The molecule has 3 rings (SSSR count). The highest BCUT2D eigenvalue weighted by Gasteiger charge is 2.34. The van der Waals surface area contributed by atoms with Gasteiger partial charge in [0.15, 0.2) is 0 Å². The number of allylic oxidation sites excluding steroid dienone is 3. The number of ketones is 1. The van der Waals surface area contributed by atoms with E-state index in [1.807, 2.05) is 32.1 Å². The zero-order valence-corrected chi connectivity index (χ0v) is 22.3. The first-order valence-corrected chi connectivity index (χ1v) is 13.1. The second-order valence-corrected chi connectivity index (χ2v) is 9.83. The highest BCUT2D eigenvalue weighted by molar-refractivity contribution is 6.31. The monoisotopic (exact) mass is 525 g/mol. The zero-order chi connectivity index (χ0) is 26.7. The van der Waals surface area contributed by atoms with E-state index in [2.05, 4.69) is 10.6 Å². The number of halogens is 1. The molecule has 1 atom stereocenters. The molecule has 2 aromatic rings. The van der Waals surface area contributed by atoms with Crippen LogP contribution in [0.1, 0.15) is 56.3 Å². The number of hydrogen-bond donors (Lipinski definition) is 2. The number of nitrogens with zero attached hydrogens (tertiary/aromatic N) is 1. The number of hydrogen-bond acceptors (Lipinski definition) is 5. The molecule has 7 nitrogen and oxygen atoms in total. The molecule has 198 valence electrons. The Morgan fingerprint density at radius 3 is 2.57 bits per heavy atom. The van der Waals surface area contributed by atoms with Gasteiger partial charge in [-0.1, -0.05) is 29.8 Å². The van der Waals surface area contributed by atoms with Crippen LogP contribution in [0.3, 0.4) is 0 Å². The molecule has 2 heterocycles. The molecule has 1 unspecified atom stereocenters. The normalized spacial score (nSPS) is 16.5. The van der Waals surface area contributed by atoms with Gasteiger partial charge in [-0.25, -0.2) is 0 Å². The number of ether oxygens (including phenoxy) is 1. The van der Waals surface area contributed by atoms with Crippen LogP contribution in [0.25, 0.3) is 5.69 Å². The van der Waals surface area contributed by atoms with E-state index in [4.69, 9.17) is 16.3 Å². The fraction of sp³-hybridized carbons (Fsp3) is 0.414. The van der Waals surface area contributed by atoms with Crippen molar-refractivity contribution in [3.8, 4) is 5.69 Å². The topological polar surface area (TPSA) is 89.4 Å². The summed E-state index contributed by atoms with van der Waals surface area (Å²) in [5.74, 6) is -0.0279. The number of rotatable bonds is 12. The molecular formula is C29H36ClN3O4. The molecule has 8 heteroatoms. The van der Waals surface area contributed by atoms with Crippen LogP contribution >= 0.6 is 11.6 Å². The maximum atomic E-state index is 13.1. The quantitative estimate of drug-likeness (QED) is 0.397. The summed E-state index contributed by atoms with van der Waals surface area (Å²) in [4.78, 5) is 37.6. The van der Waals surface area contributed by atoms with Gasteiger partial charge in [-0.2, -0.15) is 0 Å². The Bertz CT molecular complexity index is 1160. The fourth-order valence-corrected chi connectivity index (χ4v) is 4.39. The lowest BCUT2D eigenvalue weighted by atomic mass is 9.84. The van der Waals surface area contributed by atoms with Crippen LogP contribution in [0.5, 0.6) is 0 Å². The average Bonchev–Trinajstić information content (AvgIpc) is 2.91. The molecule has 0 spiro atoms. The summed E-state index contributed by atoms with van der Waals surface area (Å²) in [5, 5.41) is 7.09. The molecule has 1 saturated heterocycles. The van der Waals surface area contributed by atoms with Crippen LogP contribution in [-0.2, 0) is 9.53 Å². The minimum absolute atomic E-state index is 0.0330. The Kier molecular flexibility index (Phi) is 10.9. The number of Topliss-reactive ketones (excluding diaryl/α,β-unsaturated/α-hetero) is 1. The summed E-state index contributed by atoms with van der Waals surface area (Å²) in [5.41, 5.74) is 0.690. The first kappa shape index (κ1) is 28.6. The molecule has 2 N–H and O–H groups in total.